The van der Waals surface area contributed by atoms with Gasteiger partial charge in [-0.15, -0.1) is 11.3 Å². The van der Waals surface area contributed by atoms with Gasteiger partial charge in [0.05, 0.1) is 23.1 Å². The molecule has 1 aliphatic carbocycles. The van der Waals surface area contributed by atoms with Gasteiger partial charge in [0.2, 0.25) is 0 Å². The molecule has 3 N–H and O–H groups in total. The molecule has 1 saturated carbocycles. The molecule has 1 aliphatic heterocycles. The van der Waals surface area contributed by atoms with Gasteiger partial charge in [-0.05, 0) is 47.5 Å². The van der Waals surface area contributed by atoms with Crippen LogP contribution < -0.4 is 15.8 Å². The lowest BCUT2D eigenvalue weighted by atomic mass is 9.85. The Morgan fingerprint density at radius 1 is 1.26 bits per heavy atom. The quantitative estimate of drug-likeness (QED) is 0.239. The highest BCUT2D eigenvalue weighted by molar-refractivity contribution is 9.10. The van der Waals surface area contributed by atoms with E-state index in [0.717, 1.165) is 27.5 Å². The number of nitrogens with one attached hydrogen (secondary N) is 1. The van der Waals surface area contributed by atoms with Crippen LogP contribution in [0.15, 0.2) is 51.6 Å². The first-order chi connectivity index (χ1) is 18.7. The van der Waals surface area contributed by atoms with Crippen molar-refractivity contribution >= 4 is 66.6 Å². The van der Waals surface area contributed by atoms with Crippen molar-refractivity contribution in [3.8, 4) is 5.75 Å². The van der Waals surface area contributed by atoms with Crippen molar-refractivity contribution in [3.63, 3.8) is 0 Å². The molecule has 202 valence electrons. The predicted molar refractivity (Wildman–Crippen MR) is 153 cm³/mol. The average Bonchev–Trinajstić information content (AvgIpc) is 3.47. The van der Waals surface area contributed by atoms with Gasteiger partial charge >= 0.3 is 0 Å². The molecule has 3 atom stereocenters. The van der Waals surface area contributed by atoms with E-state index >= 15 is 4.39 Å². The first kappa shape index (κ1) is 26.4. The molecule has 0 spiro atoms. The molecule has 2 aliphatic rings. The van der Waals surface area contributed by atoms with E-state index in [-0.39, 0.29) is 16.2 Å². The summed E-state index contributed by atoms with van der Waals surface area (Å²) in [5.74, 6) is -1.01. The van der Waals surface area contributed by atoms with Gasteiger partial charge in [-0.2, -0.15) is 0 Å². The number of nitrogens with two attached hydrogens (primary N) is 1. The van der Waals surface area contributed by atoms with Gasteiger partial charge in [0, 0.05) is 47.3 Å². The van der Waals surface area contributed by atoms with E-state index in [0.29, 0.717) is 41.2 Å². The second kappa shape index (κ2) is 9.95. The number of benzene rings is 1. The lowest BCUT2D eigenvalue weighted by Crippen LogP contribution is -2.37. The summed E-state index contributed by atoms with van der Waals surface area (Å²) in [5, 5.41) is 6.94. The molecule has 4 aromatic rings. The molecule has 1 aromatic carbocycles. The minimum Gasteiger partial charge on any atom is -0.485 e. The third-order valence-electron chi connectivity index (χ3n) is 7.04. The summed E-state index contributed by atoms with van der Waals surface area (Å²) in [4.78, 5) is 17.8. The smallest absolute Gasteiger partial charge is 0.164 e. The maximum Gasteiger partial charge on any atom is 0.164 e. The fourth-order valence-electron chi connectivity index (χ4n) is 5.21. The Labute approximate surface area is 239 Å². The highest BCUT2D eigenvalue weighted by Gasteiger charge is 2.66. The number of thioether (sulfide) groups is 1. The Morgan fingerprint density at radius 3 is 2.87 bits per heavy atom. The van der Waals surface area contributed by atoms with Crippen LogP contribution in [-0.2, 0) is 16.9 Å². The molecular weight excluding hydrogens is 610 g/mol. The van der Waals surface area contributed by atoms with Gasteiger partial charge < -0.3 is 20.5 Å². The maximum absolute atomic E-state index is 15.3. The lowest BCUT2D eigenvalue weighted by molar-refractivity contribution is 0.184. The second-order valence-corrected chi connectivity index (χ2v) is 12.8. The number of ether oxygens (including phenoxy) is 2. The maximum atomic E-state index is 15.3. The summed E-state index contributed by atoms with van der Waals surface area (Å²) < 4.78 is 42.0. The molecule has 0 saturated heterocycles. The van der Waals surface area contributed by atoms with Crippen molar-refractivity contribution in [2.75, 3.05) is 19.0 Å². The van der Waals surface area contributed by atoms with E-state index in [1.54, 1.807) is 38.6 Å². The van der Waals surface area contributed by atoms with Crippen molar-refractivity contribution in [1.29, 1.82) is 0 Å². The summed E-state index contributed by atoms with van der Waals surface area (Å²) in [6, 6.07) is 6.32. The largest absolute Gasteiger partial charge is 0.485 e. The minimum atomic E-state index is -1.04. The zero-order valence-corrected chi connectivity index (χ0v) is 24.1. The van der Waals surface area contributed by atoms with Crippen LogP contribution in [0.3, 0.4) is 0 Å². The predicted octanol–water partition coefficient (Wildman–Crippen LogP) is 6.13. The number of anilines is 2. The average molecular weight is 634 g/mol. The summed E-state index contributed by atoms with van der Waals surface area (Å²) in [6.45, 7) is 2.57. The topological polar surface area (TPSA) is 108 Å². The third-order valence-corrected chi connectivity index (χ3v) is 9.85. The number of thiazole rings is 1. The first-order valence-electron chi connectivity index (χ1n) is 12.0. The number of nitrogens with zero attached hydrogens (tertiary/aromatic N) is 4. The second-order valence-electron chi connectivity index (χ2n) is 9.65. The fraction of sp³-hybridized carbons (Fsp3) is 0.308. The number of aliphatic imine (C=N–C) groups is 1. The normalized spacial score (nSPS) is 23.8. The minimum absolute atomic E-state index is 0.0485. The van der Waals surface area contributed by atoms with Crippen molar-refractivity contribution in [1.82, 2.24) is 15.0 Å². The number of aromatic nitrogens is 3. The molecule has 6 rings (SSSR count). The standard InChI is InChI=1S/C26H23BrF2N6O2S2/c1-25(18-8-26(18,12-36-2)39-24(30)35-25)16-6-14(7-17(28)21(16)29)33-23-22-13(3-4-31-23)5-15(9-32-22)37-10-20-34-19(27)11-38-20/h3-7,9,11,18H,8,10,12H2,1-2H3,(H2,30,35)(H,31,33)/t18-,25+,26+/m0/s1. The van der Waals surface area contributed by atoms with E-state index in [1.165, 1.54) is 23.1 Å². The van der Waals surface area contributed by atoms with Gasteiger partial charge in [-0.3, -0.25) is 4.99 Å². The van der Waals surface area contributed by atoms with Crippen LogP contribution >= 0.6 is 39.0 Å². The highest BCUT2D eigenvalue weighted by atomic mass is 79.9. The van der Waals surface area contributed by atoms with Gasteiger partial charge in [0.1, 0.15) is 27.5 Å². The van der Waals surface area contributed by atoms with Crippen LogP contribution in [0.4, 0.5) is 20.3 Å². The monoisotopic (exact) mass is 632 g/mol. The number of halogens is 3. The number of pyridine rings is 2. The molecule has 13 heteroatoms. The number of hydrogen-bond donors (Lipinski definition) is 2. The third kappa shape index (κ3) is 4.85. The van der Waals surface area contributed by atoms with E-state index in [1.807, 2.05) is 11.4 Å². The van der Waals surface area contributed by atoms with Crippen LogP contribution in [0.5, 0.6) is 5.75 Å². The van der Waals surface area contributed by atoms with Gasteiger partial charge in [-0.25, -0.2) is 23.7 Å². The zero-order valence-electron chi connectivity index (χ0n) is 20.9. The highest BCUT2D eigenvalue weighted by Crippen LogP contribution is 2.66. The van der Waals surface area contributed by atoms with Crippen LogP contribution in [0, 0.1) is 17.6 Å². The molecule has 0 radical (unpaired) electrons. The Bertz CT molecular complexity index is 1620. The lowest BCUT2D eigenvalue weighted by Gasteiger charge is -2.34. The molecule has 8 nitrogen and oxygen atoms in total. The molecule has 39 heavy (non-hydrogen) atoms. The molecule has 0 bridgehead atoms. The number of hydrogen-bond acceptors (Lipinski definition) is 10. The molecular formula is C26H23BrF2N6O2S2. The first-order valence-corrected chi connectivity index (χ1v) is 14.5. The summed E-state index contributed by atoms with van der Waals surface area (Å²) >= 11 is 6.27. The van der Waals surface area contributed by atoms with E-state index < -0.39 is 17.2 Å². The van der Waals surface area contributed by atoms with E-state index in [4.69, 9.17) is 15.2 Å². The zero-order chi connectivity index (χ0) is 27.4. The number of methoxy groups -OCH3 is 1. The Hall–Kier alpha value is -2.87. The van der Waals surface area contributed by atoms with Crippen molar-refractivity contribution in [3.05, 3.63) is 68.8 Å². The summed E-state index contributed by atoms with van der Waals surface area (Å²) in [6.07, 6.45) is 3.95. The van der Waals surface area contributed by atoms with E-state index in [2.05, 4.69) is 41.2 Å². The molecule has 0 amide bonds. The number of rotatable bonds is 8. The van der Waals surface area contributed by atoms with Crippen molar-refractivity contribution < 1.29 is 18.3 Å². The molecule has 0 unspecified atom stereocenters. The molecule has 1 fully saturated rings. The number of amidine groups is 1. The number of fused-ring (bicyclic) bond motifs is 2. The van der Waals surface area contributed by atoms with Crippen LogP contribution in [0.25, 0.3) is 10.9 Å². The Morgan fingerprint density at radius 2 is 2.10 bits per heavy atom. The van der Waals surface area contributed by atoms with Crippen molar-refractivity contribution in [2.45, 2.75) is 30.2 Å². The van der Waals surface area contributed by atoms with Crippen LogP contribution in [0.2, 0.25) is 0 Å². The van der Waals surface area contributed by atoms with Gasteiger partial charge in [0.25, 0.3) is 0 Å². The van der Waals surface area contributed by atoms with Gasteiger partial charge in [-0.1, -0.05) is 11.8 Å². The van der Waals surface area contributed by atoms with Crippen molar-refractivity contribution in [2.24, 2.45) is 16.6 Å². The Balaban J connectivity index is 1.30. The Kier molecular flexibility index (Phi) is 6.72. The molecule has 3 aromatic heterocycles. The van der Waals surface area contributed by atoms with Crippen LogP contribution in [-0.4, -0.2) is 38.6 Å². The molecule has 4 heterocycles. The summed E-state index contributed by atoms with van der Waals surface area (Å²) in [5.41, 5.74) is 6.12. The van der Waals surface area contributed by atoms with Crippen LogP contribution in [0.1, 0.15) is 23.9 Å². The summed E-state index contributed by atoms with van der Waals surface area (Å²) in [7, 11) is 1.62. The van der Waals surface area contributed by atoms with Gasteiger partial charge in [0.15, 0.2) is 22.6 Å². The fourth-order valence-corrected chi connectivity index (χ4v) is 7.83. The SMILES string of the molecule is COC[C@]12C[C@H]1[C@@](C)(c1cc(Nc3nccc4cc(OCc5nc(Br)cs5)cnc34)cc(F)c1F)N=C(N)S2. The van der Waals surface area contributed by atoms with E-state index in [9.17, 15) is 4.39 Å².